The van der Waals surface area contributed by atoms with Gasteiger partial charge in [-0.25, -0.2) is 0 Å². The zero-order chi connectivity index (χ0) is 14.3. The van der Waals surface area contributed by atoms with E-state index in [9.17, 15) is 4.79 Å². The van der Waals surface area contributed by atoms with Crippen LogP contribution in [0.25, 0.3) is 0 Å². The molecule has 0 spiro atoms. The predicted molar refractivity (Wildman–Crippen MR) is 77.0 cm³/mol. The molecule has 1 aromatic rings. The molecule has 5 nitrogen and oxygen atoms in total. The van der Waals surface area contributed by atoms with Crippen LogP contribution >= 0.6 is 0 Å². The minimum Gasteiger partial charge on any atom is -0.397 e. The van der Waals surface area contributed by atoms with E-state index in [4.69, 9.17) is 11.0 Å². The fourth-order valence-corrected chi connectivity index (χ4v) is 1.88. The first-order valence-electron chi connectivity index (χ1n) is 6.43. The second-order valence-electron chi connectivity index (χ2n) is 4.12. The first-order valence-corrected chi connectivity index (χ1v) is 6.43. The Morgan fingerprint density at radius 3 is 2.74 bits per heavy atom. The van der Waals surface area contributed by atoms with Gasteiger partial charge in [0.25, 0.3) is 5.91 Å². The van der Waals surface area contributed by atoms with E-state index in [1.54, 1.807) is 12.1 Å². The van der Waals surface area contributed by atoms with Crippen LogP contribution in [0.2, 0.25) is 0 Å². The molecule has 0 aromatic heterocycles. The number of nitrogens with one attached hydrogen (secondary N) is 1. The van der Waals surface area contributed by atoms with Crippen molar-refractivity contribution >= 4 is 17.3 Å². The number of nitrogens with zero attached hydrogens (tertiary/aromatic N) is 2. The summed E-state index contributed by atoms with van der Waals surface area (Å²) in [5, 5.41) is 11.4. The van der Waals surface area contributed by atoms with Crippen LogP contribution in [0, 0.1) is 11.3 Å². The van der Waals surface area contributed by atoms with Crippen molar-refractivity contribution in [1.82, 2.24) is 5.32 Å². The van der Waals surface area contributed by atoms with Crippen molar-refractivity contribution in [3.8, 4) is 6.07 Å². The molecule has 0 fully saturated rings. The molecule has 0 aliphatic heterocycles. The Kier molecular flexibility index (Phi) is 5.68. The van der Waals surface area contributed by atoms with Crippen molar-refractivity contribution in [3.05, 3.63) is 23.8 Å². The summed E-state index contributed by atoms with van der Waals surface area (Å²) in [5.74, 6) is -0.124. The number of carbonyl (C=O) groups excluding carboxylic acids is 1. The molecule has 1 aromatic carbocycles. The first-order chi connectivity index (χ1) is 9.13. The molecule has 0 aliphatic rings. The zero-order valence-electron chi connectivity index (χ0n) is 11.4. The Morgan fingerprint density at radius 2 is 2.21 bits per heavy atom. The van der Waals surface area contributed by atoms with Crippen molar-refractivity contribution in [2.45, 2.75) is 20.3 Å². The van der Waals surface area contributed by atoms with Gasteiger partial charge in [0.1, 0.15) is 0 Å². The largest absolute Gasteiger partial charge is 0.397 e. The molecule has 5 heteroatoms. The van der Waals surface area contributed by atoms with E-state index < -0.39 is 0 Å². The van der Waals surface area contributed by atoms with Gasteiger partial charge >= 0.3 is 0 Å². The first kappa shape index (κ1) is 14.8. The lowest BCUT2D eigenvalue weighted by Gasteiger charge is -2.23. The number of rotatable bonds is 6. The highest BCUT2D eigenvalue weighted by Gasteiger charge is 2.11. The van der Waals surface area contributed by atoms with Gasteiger partial charge < -0.3 is 16.0 Å². The van der Waals surface area contributed by atoms with Gasteiger partial charge in [0.2, 0.25) is 0 Å². The Balaban J connectivity index is 2.92. The molecule has 102 valence electrons. The second kappa shape index (κ2) is 7.27. The molecule has 0 radical (unpaired) electrons. The minimum atomic E-state index is -0.124. The summed E-state index contributed by atoms with van der Waals surface area (Å²) >= 11 is 0. The fraction of sp³-hybridized carbons (Fsp3) is 0.429. The summed E-state index contributed by atoms with van der Waals surface area (Å²) in [5.41, 5.74) is 7.98. The number of carbonyl (C=O) groups is 1. The molecule has 1 rings (SSSR count). The number of hydrogen-bond acceptors (Lipinski definition) is 4. The Labute approximate surface area is 114 Å². The van der Waals surface area contributed by atoms with Crippen LogP contribution in [-0.4, -0.2) is 25.5 Å². The molecule has 0 saturated carbocycles. The topological polar surface area (TPSA) is 82.2 Å². The number of nitriles is 1. The maximum Gasteiger partial charge on any atom is 0.251 e. The number of nitrogen functional groups attached to an aromatic ring is 1. The molecule has 0 bridgehead atoms. The molecule has 3 N–H and O–H groups in total. The Hall–Kier alpha value is -2.22. The molecule has 0 saturated heterocycles. The lowest BCUT2D eigenvalue weighted by Crippen LogP contribution is -2.26. The maximum absolute atomic E-state index is 11.7. The summed E-state index contributed by atoms with van der Waals surface area (Å²) in [6.07, 6.45) is 0.450. The quantitative estimate of drug-likeness (QED) is 0.763. The van der Waals surface area contributed by atoms with E-state index in [0.29, 0.717) is 30.8 Å². The summed E-state index contributed by atoms with van der Waals surface area (Å²) in [7, 11) is 0. The highest BCUT2D eigenvalue weighted by molar-refractivity contribution is 5.96. The van der Waals surface area contributed by atoms with Crippen LogP contribution in [0.1, 0.15) is 30.6 Å². The third kappa shape index (κ3) is 3.88. The molecule has 19 heavy (non-hydrogen) atoms. The normalized spacial score (nSPS) is 9.74. The van der Waals surface area contributed by atoms with Crippen LogP contribution in [0.3, 0.4) is 0 Å². The number of hydrogen-bond donors (Lipinski definition) is 2. The van der Waals surface area contributed by atoms with Gasteiger partial charge in [0.15, 0.2) is 0 Å². The van der Waals surface area contributed by atoms with Crippen LogP contribution in [0.5, 0.6) is 0 Å². The zero-order valence-corrected chi connectivity index (χ0v) is 11.4. The van der Waals surface area contributed by atoms with Gasteiger partial charge in [-0.1, -0.05) is 0 Å². The lowest BCUT2D eigenvalue weighted by molar-refractivity contribution is 0.0956. The molecule has 0 unspecified atom stereocenters. The van der Waals surface area contributed by atoms with E-state index in [2.05, 4.69) is 11.4 Å². The molecule has 0 atom stereocenters. The van der Waals surface area contributed by atoms with Crippen molar-refractivity contribution in [1.29, 1.82) is 5.26 Å². The van der Waals surface area contributed by atoms with Gasteiger partial charge in [-0.15, -0.1) is 0 Å². The summed E-state index contributed by atoms with van der Waals surface area (Å²) in [6.45, 7) is 5.87. The van der Waals surface area contributed by atoms with Gasteiger partial charge in [-0.2, -0.15) is 5.26 Å². The maximum atomic E-state index is 11.7. The lowest BCUT2D eigenvalue weighted by atomic mass is 10.1. The molecular weight excluding hydrogens is 240 g/mol. The van der Waals surface area contributed by atoms with E-state index >= 15 is 0 Å². The average Bonchev–Trinajstić information content (AvgIpc) is 2.41. The predicted octanol–water partition coefficient (Wildman–Crippen LogP) is 1.76. The third-order valence-electron chi connectivity index (χ3n) is 2.84. The second-order valence-corrected chi connectivity index (χ2v) is 4.12. The van der Waals surface area contributed by atoms with Gasteiger partial charge in [0, 0.05) is 25.2 Å². The van der Waals surface area contributed by atoms with E-state index in [1.165, 1.54) is 0 Å². The van der Waals surface area contributed by atoms with Gasteiger partial charge in [-0.3, -0.25) is 4.79 Å². The van der Waals surface area contributed by atoms with E-state index in [-0.39, 0.29) is 5.91 Å². The summed E-state index contributed by atoms with van der Waals surface area (Å²) in [4.78, 5) is 13.7. The summed E-state index contributed by atoms with van der Waals surface area (Å²) < 4.78 is 0. The van der Waals surface area contributed by atoms with E-state index in [0.717, 1.165) is 12.2 Å². The van der Waals surface area contributed by atoms with Crippen molar-refractivity contribution in [2.75, 3.05) is 30.3 Å². The molecular formula is C14H20N4O. The minimum absolute atomic E-state index is 0.124. The number of benzene rings is 1. The highest BCUT2D eigenvalue weighted by Crippen LogP contribution is 2.24. The van der Waals surface area contributed by atoms with Crippen LogP contribution in [0.4, 0.5) is 11.4 Å². The molecule has 0 aliphatic carbocycles. The van der Waals surface area contributed by atoms with Gasteiger partial charge in [0.05, 0.1) is 23.9 Å². The smallest absolute Gasteiger partial charge is 0.251 e. The van der Waals surface area contributed by atoms with Crippen LogP contribution in [-0.2, 0) is 0 Å². The van der Waals surface area contributed by atoms with E-state index in [1.807, 2.05) is 24.8 Å². The fourth-order valence-electron chi connectivity index (χ4n) is 1.88. The van der Waals surface area contributed by atoms with Crippen LogP contribution < -0.4 is 16.0 Å². The van der Waals surface area contributed by atoms with Crippen molar-refractivity contribution < 1.29 is 4.79 Å². The standard InChI is InChI=1S/C14H20N4O/c1-3-17-14(19)11-6-7-13(12(16)10-11)18(4-2)9-5-8-15/h6-7,10H,3-5,9,16H2,1-2H3,(H,17,19). The van der Waals surface area contributed by atoms with Crippen LogP contribution in [0.15, 0.2) is 18.2 Å². The third-order valence-corrected chi connectivity index (χ3v) is 2.84. The van der Waals surface area contributed by atoms with Crippen molar-refractivity contribution in [2.24, 2.45) is 0 Å². The molecule has 0 heterocycles. The summed E-state index contributed by atoms with van der Waals surface area (Å²) in [6, 6.07) is 7.39. The highest BCUT2D eigenvalue weighted by atomic mass is 16.1. The average molecular weight is 260 g/mol. The Morgan fingerprint density at radius 1 is 1.47 bits per heavy atom. The SMILES string of the molecule is CCNC(=O)c1ccc(N(CC)CCC#N)c(N)c1. The Bertz CT molecular complexity index is 479. The number of amides is 1. The number of anilines is 2. The number of nitrogens with two attached hydrogens (primary N) is 1. The molecule has 1 amide bonds. The monoisotopic (exact) mass is 260 g/mol. The van der Waals surface area contributed by atoms with Crippen molar-refractivity contribution in [3.63, 3.8) is 0 Å². The van der Waals surface area contributed by atoms with Gasteiger partial charge in [-0.05, 0) is 32.0 Å².